The second kappa shape index (κ2) is 5.97. The van der Waals surface area contributed by atoms with Crippen LogP contribution in [0.1, 0.15) is 6.92 Å². The number of rotatable bonds is 4. The van der Waals surface area contributed by atoms with Crippen molar-refractivity contribution in [1.82, 2.24) is 10.2 Å². The van der Waals surface area contributed by atoms with Crippen molar-refractivity contribution in [3.63, 3.8) is 0 Å². The quantitative estimate of drug-likeness (QED) is 0.692. The first-order valence-electron chi connectivity index (χ1n) is 5.13. The topological polar surface area (TPSA) is 48.3 Å². The fraction of sp³-hybridized carbons (Fsp3) is 0.900. The van der Waals surface area contributed by atoms with Gasteiger partial charge in [0, 0.05) is 26.2 Å². The summed E-state index contributed by atoms with van der Waals surface area (Å²) in [4.78, 5) is 2.16. The van der Waals surface area contributed by atoms with Crippen molar-refractivity contribution in [1.29, 1.82) is 5.26 Å². The number of nitrogens with one attached hydrogen (secondary N) is 1. The first kappa shape index (κ1) is 11.4. The largest absolute Gasteiger partial charge is 0.374 e. The molecule has 14 heavy (non-hydrogen) atoms. The van der Waals surface area contributed by atoms with E-state index < -0.39 is 0 Å². The number of likely N-dealkylation sites (N-methyl/N-ethyl adjacent to an activating group) is 1. The van der Waals surface area contributed by atoms with Crippen LogP contribution in [-0.2, 0) is 4.74 Å². The molecule has 0 aromatic carbocycles. The highest BCUT2D eigenvalue weighted by Gasteiger charge is 2.16. The van der Waals surface area contributed by atoms with Gasteiger partial charge in [0.2, 0.25) is 0 Å². The van der Waals surface area contributed by atoms with Crippen molar-refractivity contribution in [2.24, 2.45) is 5.92 Å². The molecule has 0 aromatic rings. The smallest absolute Gasteiger partial charge is 0.0826 e. The number of morpholine rings is 1. The Morgan fingerprint density at radius 3 is 3.07 bits per heavy atom. The molecule has 4 heteroatoms. The molecule has 4 nitrogen and oxygen atoms in total. The molecule has 1 N–H and O–H groups in total. The molecule has 0 saturated carbocycles. The summed E-state index contributed by atoms with van der Waals surface area (Å²) in [6, 6.07) is 2.23. The lowest BCUT2D eigenvalue weighted by molar-refractivity contribution is 0.00909. The molecule has 0 aromatic heterocycles. The highest BCUT2D eigenvalue weighted by atomic mass is 16.5. The minimum Gasteiger partial charge on any atom is -0.374 e. The van der Waals surface area contributed by atoms with E-state index in [2.05, 4.69) is 16.3 Å². The van der Waals surface area contributed by atoms with Gasteiger partial charge in [0.05, 0.1) is 24.7 Å². The molecule has 1 aliphatic heterocycles. The van der Waals surface area contributed by atoms with E-state index in [1.165, 1.54) is 0 Å². The average Bonchev–Trinajstić information content (AvgIpc) is 2.19. The zero-order valence-electron chi connectivity index (χ0n) is 8.99. The van der Waals surface area contributed by atoms with Crippen LogP contribution < -0.4 is 5.32 Å². The number of hydrogen-bond acceptors (Lipinski definition) is 4. The zero-order valence-corrected chi connectivity index (χ0v) is 8.99. The molecule has 0 radical (unpaired) electrons. The van der Waals surface area contributed by atoms with Crippen LogP contribution in [0.4, 0.5) is 0 Å². The summed E-state index contributed by atoms with van der Waals surface area (Å²) in [5.41, 5.74) is 0. The lowest BCUT2D eigenvalue weighted by Gasteiger charge is -2.28. The Kier molecular flexibility index (Phi) is 4.88. The molecule has 0 spiro atoms. The van der Waals surface area contributed by atoms with E-state index in [0.29, 0.717) is 0 Å². The van der Waals surface area contributed by atoms with Crippen LogP contribution in [0, 0.1) is 17.2 Å². The normalized spacial score (nSPS) is 24.6. The molecule has 2 unspecified atom stereocenters. The summed E-state index contributed by atoms with van der Waals surface area (Å²) >= 11 is 0. The second-order valence-electron chi connectivity index (χ2n) is 3.95. The summed E-state index contributed by atoms with van der Waals surface area (Å²) in [6.45, 7) is 6.33. The van der Waals surface area contributed by atoms with Gasteiger partial charge in [-0.3, -0.25) is 0 Å². The molecule has 0 aliphatic carbocycles. The van der Waals surface area contributed by atoms with E-state index in [1.54, 1.807) is 0 Å². The molecule has 80 valence electrons. The second-order valence-corrected chi connectivity index (χ2v) is 3.95. The molecule has 1 fully saturated rings. The molecule has 0 bridgehead atoms. The number of nitriles is 1. The maximum atomic E-state index is 8.67. The Morgan fingerprint density at radius 1 is 1.71 bits per heavy atom. The molecule has 1 rings (SSSR count). The number of nitrogens with zero attached hydrogens (tertiary/aromatic N) is 2. The Hall–Kier alpha value is -0.630. The van der Waals surface area contributed by atoms with Gasteiger partial charge in [0.15, 0.2) is 0 Å². The highest BCUT2D eigenvalue weighted by Crippen LogP contribution is 2.01. The Labute approximate surface area is 85.8 Å². The van der Waals surface area contributed by atoms with Crippen molar-refractivity contribution in [3.8, 4) is 6.07 Å². The first-order chi connectivity index (χ1) is 6.72. The average molecular weight is 197 g/mol. The monoisotopic (exact) mass is 197 g/mol. The van der Waals surface area contributed by atoms with E-state index in [1.807, 2.05) is 14.0 Å². The van der Waals surface area contributed by atoms with Crippen LogP contribution in [0.3, 0.4) is 0 Å². The summed E-state index contributed by atoms with van der Waals surface area (Å²) in [5.74, 6) is 0.0940. The molecule has 1 heterocycles. The van der Waals surface area contributed by atoms with E-state index in [-0.39, 0.29) is 12.0 Å². The summed E-state index contributed by atoms with van der Waals surface area (Å²) in [7, 11) is 2.03. The summed E-state index contributed by atoms with van der Waals surface area (Å²) in [5, 5.41) is 12.0. The van der Waals surface area contributed by atoms with Crippen molar-refractivity contribution >= 4 is 0 Å². The van der Waals surface area contributed by atoms with Crippen molar-refractivity contribution in [2.45, 2.75) is 13.0 Å². The molecular weight excluding hydrogens is 178 g/mol. The molecule has 0 amide bonds. The van der Waals surface area contributed by atoms with Crippen LogP contribution in [0.25, 0.3) is 0 Å². The summed E-state index contributed by atoms with van der Waals surface area (Å²) in [6.07, 6.45) is 0.277. The summed E-state index contributed by atoms with van der Waals surface area (Å²) < 4.78 is 5.58. The fourth-order valence-corrected chi connectivity index (χ4v) is 1.67. The van der Waals surface area contributed by atoms with Crippen LogP contribution in [0.15, 0.2) is 0 Å². The van der Waals surface area contributed by atoms with Gasteiger partial charge in [-0.1, -0.05) is 0 Å². The molecule has 2 atom stereocenters. The molecule has 1 saturated heterocycles. The lowest BCUT2D eigenvalue weighted by Crippen LogP contribution is -2.45. The van der Waals surface area contributed by atoms with E-state index in [0.717, 1.165) is 32.8 Å². The Balaban J connectivity index is 2.18. The van der Waals surface area contributed by atoms with E-state index in [9.17, 15) is 0 Å². The van der Waals surface area contributed by atoms with Gasteiger partial charge in [-0.25, -0.2) is 0 Å². The zero-order chi connectivity index (χ0) is 10.4. The van der Waals surface area contributed by atoms with E-state index in [4.69, 9.17) is 10.00 Å². The van der Waals surface area contributed by atoms with Gasteiger partial charge >= 0.3 is 0 Å². The predicted molar refractivity (Wildman–Crippen MR) is 54.9 cm³/mol. The Bertz CT molecular complexity index is 196. The lowest BCUT2D eigenvalue weighted by atomic mass is 10.2. The standard InChI is InChI=1S/C10H19N3O/c1-9(5-11)7-13(2)8-10-6-12-3-4-14-10/h9-10,12H,3-4,6-8H2,1-2H3. The number of hydrogen-bond donors (Lipinski definition) is 1. The number of ether oxygens (including phenoxy) is 1. The highest BCUT2D eigenvalue weighted by molar-refractivity contribution is 4.81. The van der Waals surface area contributed by atoms with Crippen molar-refractivity contribution < 1.29 is 4.74 Å². The third-order valence-corrected chi connectivity index (χ3v) is 2.33. The van der Waals surface area contributed by atoms with Gasteiger partial charge in [-0.05, 0) is 14.0 Å². The predicted octanol–water partition coefficient (Wildman–Crippen LogP) is 0.0663. The van der Waals surface area contributed by atoms with Gasteiger partial charge < -0.3 is 15.0 Å². The fourth-order valence-electron chi connectivity index (χ4n) is 1.67. The van der Waals surface area contributed by atoms with E-state index >= 15 is 0 Å². The third-order valence-electron chi connectivity index (χ3n) is 2.33. The molecule has 1 aliphatic rings. The molecular formula is C10H19N3O. The van der Waals surface area contributed by atoms with Crippen LogP contribution in [0.2, 0.25) is 0 Å². The SMILES string of the molecule is CC(C#N)CN(C)CC1CNCCO1. The maximum absolute atomic E-state index is 8.67. The minimum atomic E-state index is 0.0940. The van der Waals surface area contributed by atoms with Crippen LogP contribution in [-0.4, -0.2) is 50.8 Å². The minimum absolute atomic E-state index is 0.0940. The van der Waals surface area contributed by atoms with Gasteiger partial charge in [0.1, 0.15) is 0 Å². The van der Waals surface area contributed by atoms with Gasteiger partial charge in [-0.2, -0.15) is 5.26 Å². The van der Waals surface area contributed by atoms with Crippen molar-refractivity contribution in [3.05, 3.63) is 0 Å². The van der Waals surface area contributed by atoms with Crippen LogP contribution >= 0.6 is 0 Å². The third kappa shape index (κ3) is 4.05. The van der Waals surface area contributed by atoms with Gasteiger partial charge in [0.25, 0.3) is 0 Å². The maximum Gasteiger partial charge on any atom is 0.0826 e. The first-order valence-corrected chi connectivity index (χ1v) is 5.13. The van der Waals surface area contributed by atoms with Crippen molar-refractivity contribution in [2.75, 3.05) is 39.8 Å². The Morgan fingerprint density at radius 2 is 2.50 bits per heavy atom. The van der Waals surface area contributed by atoms with Gasteiger partial charge in [-0.15, -0.1) is 0 Å². The van der Waals surface area contributed by atoms with Crippen LogP contribution in [0.5, 0.6) is 0 Å².